The zero-order valence-corrected chi connectivity index (χ0v) is 9.53. The second kappa shape index (κ2) is 5.56. The molecule has 0 atom stereocenters. The molecule has 0 spiro atoms. The normalized spacial score (nSPS) is 10.4. The fraction of sp³-hybridized carbons (Fsp3) is 0.364. The smallest absolute Gasteiger partial charge is 0.255 e. The Balaban J connectivity index is 2.59. The Morgan fingerprint density at radius 2 is 2.19 bits per heavy atom. The number of carbonyl (C=O) groups excluding carboxylic acids is 1. The number of likely N-dealkylation sites (N-methyl/N-ethyl adjacent to an activating group) is 1. The van der Waals surface area contributed by atoms with Gasteiger partial charge in [0.1, 0.15) is 13.6 Å². The molecule has 4 nitrogen and oxygen atoms in total. The molecule has 1 amide bonds. The number of aromatic hydroxyl groups is 1. The van der Waals surface area contributed by atoms with Gasteiger partial charge in [0.05, 0.1) is 5.56 Å². The summed E-state index contributed by atoms with van der Waals surface area (Å²) in [5.41, 5.74) is 0.676. The number of benzene rings is 1. The summed E-state index contributed by atoms with van der Waals surface area (Å²) in [6.45, 7) is 1.29. The van der Waals surface area contributed by atoms with Crippen molar-refractivity contribution < 1.29 is 9.90 Å². The average Bonchev–Trinajstić information content (AvgIpc) is 2.16. The molecule has 0 aliphatic rings. The monoisotopic (exact) mass is 218 g/mol. The van der Waals surface area contributed by atoms with Crippen LogP contribution < -0.4 is 10.8 Å². The number of nitrogens with one attached hydrogen (secondary N) is 1. The Morgan fingerprint density at radius 3 is 2.75 bits per heavy atom. The fourth-order valence-corrected chi connectivity index (χ4v) is 1.23. The van der Waals surface area contributed by atoms with Crippen LogP contribution in [0.15, 0.2) is 18.2 Å². The molecule has 84 valence electrons. The van der Waals surface area contributed by atoms with Gasteiger partial charge < -0.3 is 15.3 Å². The number of rotatable bonds is 4. The molecule has 0 aliphatic heterocycles. The highest BCUT2D eigenvalue weighted by Gasteiger charge is 2.09. The first-order chi connectivity index (χ1) is 7.50. The quantitative estimate of drug-likeness (QED) is 0.668. The summed E-state index contributed by atoms with van der Waals surface area (Å²) in [5.74, 6) is -0.387. The first-order valence-corrected chi connectivity index (χ1v) is 5.02. The Bertz CT molecular complexity index is 380. The zero-order valence-electron chi connectivity index (χ0n) is 9.53. The van der Waals surface area contributed by atoms with Crippen molar-refractivity contribution in [3.8, 4) is 5.75 Å². The van der Waals surface area contributed by atoms with E-state index in [1.807, 2.05) is 19.0 Å². The van der Waals surface area contributed by atoms with Crippen LogP contribution in [-0.2, 0) is 0 Å². The second-order valence-corrected chi connectivity index (χ2v) is 3.84. The van der Waals surface area contributed by atoms with Gasteiger partial charge in [-0.3, -0.25) is 4.79 Å². The molecule has 1 aromatic carbocycles. The largest absolute Gasteiger partial charge is 0.507 e. The summed E-state index contributed by atoms with van der Waals surface area (Å²) in [4.78, 5) is 13.6. The Kier molecular flexibility index (Phi) is 4.37. The van der Waals surface area contributed by atoms with Crippen LogP contribution in [0, 0.1) is 0 Å². The average molecular weight is 218 g/mol. The van der Waals surface area contributed by atoms with Crippen molar-refractivity contribution in [1.29, 1.82) is 0 Å². The van der Waals surface area contributed by atoms with Crippen LogP contribution in [-0.4, -0.2) is 50.9 Å². The number of hydrogen-bond donors (Lipinski definition) is 2. The van der Waals surface area contributed by atoms with Crippen molar-refractivity contribution in [2.75, 3.05) is 27.2 Å². The minimum absolute atomic E-state index is 0.0950. The predicted molar refractivity (Wildman–Crippen MR) is 64.4 cm³/mol. The van der Waals surface area contributed by atoms with Crippen molar-refractivity contribution >= 4 is 19.2 Å². The van der Waals surface area contributed by atoms with Crippen molar-refractivity contribution in [3.63, 3.8) is 0 Å². The maximum absolute atomic E-state index is 11.6. The number of carbonyl (C=O) groups is 1. The third-order valence-electron chi connectivity index (χ3n) is 2.11. The van der Waals surface area contributed by atoms with E-state index in [2.05, 4.69) is 5.32 Å². The number of phenolic OH excluding ortho intramolecular Hbond substituents is 1. The summed E-state index contributed by atoms with van der Waals surface area (Å²) in [7, 11) is 9.32. The van der Waals surface area contributed by atoms with Gasteiger partial charge in [-0.15, -0.1) is 0 Å². The van der Waals surface area contributed by atoms with Crippen LogP contribution in [0.2, 0.25) is 0 Å². The summed E-state index contributed by atoms with van der Waals surface area (Å²) < 4.78 is 0. The maximum Gasteiger partial charge on any atom is 0.255 e. The van der Waals surface area contributed by atoms with Gasteiger partial charge in [-0.2, -0.15) is 0 Å². The minimum atomic E-state index is -0.292. The van der Waals surface area contributed by atoms with E-state index in [4.69, 9.17) is 7.85 Å². The van der Waals surface area contributed by atoms with Crippen LogP contribution in [0.4, 0.5) is 0 Å². The first-order valence-electron chi connectivity index (χ1n) is 5.02. The van der Waals surface area contributed by atoms with Crippen LogP contribution in [0.25, 0.3) is 0 Å². The van der Waals surface area contributed by atoms with Crippen LogP contribution in [0.1, 0.15) is 10.4 Å². The number of amides is 1. The van der Waals surface area contributed by atoms with E-state index in [1.54, 1.807) is 6.07 Å². The molecule has 0 heterocycles. The summed E-state index contributed by atoms with van der Waals surface area (Å²) in [5, 5.41) is 12.2. The third kappa shape index (κ3) is 3.58. The van der Waals surface area contributed by atoms with Gasteiger partial charge >= 0.3 is 0 Å². The van der Waals surface area contributed by atoms with E-state index in [1.165, 1.54) is 12.1 Å². The Morgan fingerprint density at radius 1 is 1.50 bits per heavy atom. The van der Waals surface area contributed by atoms with Gasteiger partial charge in [0.15, 0.2) is 0 Å². The molecule has 2 N–H and O–H groups in total. The predicted octanol–water partition coefficient (Wildman–Crippen LogP) is -0.523. The highest BCUT2D eigenvalue weighted by molar-refractivity contribution is 6.32. The molecule has 1 rings (SSSR count). The molecule has 0 unspecified atom stereocenters. The van der Waals surface area contributed by atoms with Gasteiger partial charge in [-0.25, -0.2) is 0 Å². The van der Waals surface area contributed by atoms with E-state index in [0.29, 0.717) is 12.0 Å². The van der Waals surface area contributed by atoms with Crippen molar-refractivity contribution in [1.82, 2.24) is 10.2 Å². The lowest BCUT2D eigenvalue weighted by atomic mass is 9.94. The van der Waals surface area contributed by atoms with E-state index < -0.39 is 0 Å². The fourth-order valence-electron chi connectivity index (χ4n) is 1.23. The number of phenols is 1. The highest BCUT2D eigenvalue weighted by atomic mass is 16.3. The van der Waals surface area contributed by atoms with Crippen LogP contribution in [0.3, 0.4) is 0 Å². The van der Waals surface area contributed by atoms with Gasteiger partial charge in [-0.1, -0.05) is 11.5 Å². The molecule has 0 aliphatic carbocycles. The minimum Gasteiger partial charge on any atom is -0.507 e. The molecule has 0 saturated heterocycles. The topological polar surface area (TPSA) is 52.6 Å². The lowest BCUT2D eigenvalue weighted by molar-refractivity contribution is 0.0948. The molecular formula is C11H15BN2O2. The van der Waals surface area contributed by atoms with Crippen molar-refractivity contribution in [2.45, 2.75) is 0 Å². The van der Waals surface area contributed by atoms with Gasteiger partial charge in [-0.05, 0) is 26.2 Å². The zero-order chi connectivity index (χ0) is 12.1. The molecule has 0 saturated carbocycles. The summed E-state index contributed by atoms with van der Waals surface area (Å²) in [6, 6.07) is 4.46. The van der Waals surface area contributed by atoms with Crippen molar-refractivity contribution in [2.24, 2.45) is 0 Å². The summed E-state index contributed by atoms with van der Waals surface area (Å²) in [6.07, 6.45) is 0. The molecule has 0 bridgehead atoms. The van der Waals surface area contributed by atoms with Crippen LogP contribution in [0.5, 0.6) is 5.75 Å². The van der Waals surface area contributed by atoms with E-state index in [9.17, 15) is 9.90 Å². The third-order valence-corrected chi connectivity index (χ3v) is 2.11. The molecule has 0 fully saturated rings. The molecular weight excluding hydrogens is 203 g/mol. The second-order valence-electron chi connectivity index (χ2n) is 3.84. The maximum atomic E-state index is 11.6. The van der Waals surface area contributed by atoms with E-state index in [0.717, 1.165) is 6.54 Å². The van der Waals surface area contributed by atoms with Crippen LogP contribution >= 0.6 is 0 Å². The number of hydrogen-bond acceptors (Lipinski definition) is 3. The molecule has 0 aromatic heterocycles. The molecule has 1 aromatic rings. The van der Waals surface area contributed by atoms with Gasteiger partial charge in [0.2, 0.25) is 0 Å². The molecule has 5 heteroatoms. The Labute approximate surface area is 96.7 Å². The first kappa shape index (κ1) is 12.6. The number of nitrogens with zero attached hydrogens (tertiary/aromatic N) is 1. The SMILES string of the molecule is [B]c1ccc(C(=O)NCCN(C)C)c(O)c1. The summed E-state index contributed by atoms with van der Waals surface area (Å²) >= 11 is 0. The van der Waals surface area contributed by atoms with Gasteiger partial charge in [0.25, 0.3) is 5.91 Å². The lowest BCUT2D eigenvalue weighted by Crippen LogP contribution is -2.31. The van der Waals surface area contributed by atoms with E-state index in [-0.39, 0.29) is 17.2 Å². The Hall–Kier alpha value is -1.49. The van der Waals surface area contributed by atoms with Crippen molar-refractivity contribution in [3.05, 3.63) is 23.8 Å². The standard InChI is InChI=1S/C11H15BN2O2/c1-14(2)6-5-13-11(16)9-4-3-8(12)7-10(9)15/h3-4,7,15H,5-6H2,1-2H3,(H,13,16). The molecule has 16 heavy (non-hydrogen) atoms. The molecule has 2 radical (unpaired) electrons. The highest BCUT2D eigenvalue weighted by Crippen LogP contribution is 2.13. The van der Waals surface area contributed by atoms with Gasteiger partial charge in [0, 0.05) is 13.1 Å². The van der Waals surface area contributed by atoms with E-state index >= 15 is 0 Å². The lowest BCUT2D eigenvalue weighted by Gasteiger charge is -2.11.